The number of halogens is 2. The number of amides is 1. The summed E-state index contributed by atoms with van der Waals surface area (Å²) in [4.78, 5) is 13.2. The molecule has 0 saturated carbocycles. The van der Waals surface area contributed by atoms with Crippen molar-refractivity contribution in [2.45, 2.75) is 41.8 Å². The summed E-state index contributed by atoms with van der Waals surface area (Å²) in [6, 6.07) is 11.7. The van der Waals surface area contributed by atoms with E-state index >= 15 is 0 Å². The van der Waals surface area contributed by atoms with Crippen molar-refractivity contribution < 1.29 is 4.79 Å². The number of hydrogen-bond acceptors (Lipinski definition) is 5. The van der Waals surface area contributed by atoms with Crippen molar-refractivity contribution in [3.05, 3.63) is 47.1 Å². The van der Waals surface area contributed by atoms with Gasteiger partial charge in [0.2, 0.25) is 0 Å². The van der Waals surface area contributed by atoms with Crippen LogP contribution in [0.25, 0.3) is 0 Å². The van der Waals surface area contributed by atoms with E-state index in [4.69, 9.17) is 11.6 Å². The standard InChI is InChI=1S/C17H19ClN4OS.ClH/c1-11-10-12(8-9-19-11)20-17(23)14-6-7-16(22-21-14)24-15-5-3-2-4-13(15)18;/h2-7,11-12,19H,8-10H2,1H3,(H,20,23);1H. The highest BCUT2D eigenvalue weighted by molar-refractivity contribution is 7.99. The fourth-order valence-electron chi connectivity index (χ4n) is 2.66. The van der Waals surface area contributed by atoms with Crippen LogP contribution in [0.2, 0.25) is 5.02 Å². The molecule has 2 atom stereocenters. The molecule has 25 heavy (non-hydrogen) atoms. The third kappa shape index (κ3) is 5.57. The van der Waals surface area contributed by atoms with E-state index in [1.807, 2.05) is 24.3 Å². The lowest BCUT2D eigenvalue weighted by atomic mass is 10.0. The van der Waals surface area contributed by atoms with Crippen molar-refractivity contribution >= 4 is 41.7 Å². The van der Waals surface area contributed by atoms with Crippen molar-refractivity contribution in [2.24, 2.45) is 0 Å². The Morgan fingerprint density at radius 2 is 2.08 bits per heavy atom. The minimum absolute atomic E-state index is 0. The molecule has 2 aromatic rings. The molecule has 2 N–H and O–H groups in total. The van der Waals surface area contributed by atoms with Crippen LogP contribution in [0.1, 0.15) is 30.3 Å². The molecule has 5 nitrogen and oxygen atoms in total. The number of carbonyl (C=O) groups excluding carboxylic acids is 1. The van der Waals surface area contributed by atoms with Gasteiger partial charge in [-0.25, -0.2) is 0 Å². The van der Waals surface area contributed by atoms with E-state index in [-0.39, 0.29) is 24.4 Å². The van der Waals surface area contributed by atoms with Crippen LogP contribution in [0.4, 0.5) is 0 Å². The summed E-state index contributed by atoms with van der Waals surface area (Å²) in [5, 5.41) is 16.0. The lowest BCUT2D eigenvalue weighted by Gasteiger charge is -2.28. The van der Waals surface area contributed by atoms with Gasteiger partial charge in [0.15, 0.2) is 5.69 Å². The molecule has 1 saturated heterocycles. The maximum absolute atomic E-state index is 12.3. The predicted octanol–water partition coefficient (Wildman–Crippen LogP) is 3.57. The molecule has 1 amide bonds. The molecule has 2 unspecified atom stereocenters. The lowest BCUT2D eigenvalue weighted by Crippen LogP contribution is -2.46. The first kappa shape index (κ1) is 20.0. The number of aromatic nitrogens is 2. The van der Waals surface area contributed by atoms with Gasteiger partial charge < -0.3 is 10.6 Å². The predicted molar refractivity (Wildman–Crippen MR) is 103 cm³/mol. The minimum atomic E-state index is -0.170. The molecule has 2 heterocycles. The van der Waals surface area contributed by atoms with Crippen LogP contribution in [-0.2, 0) is 0 Å². The van der Waals surface area contributed by atoms with Crippen LogP contribution in [0, 0.1) is 0 Å². The van der Waals surface area contributed by atoms with Gasteiger partial charge >= 0.3 is 0 Å². The Bertz CT molecular complexity index is 714. The zero-order valence-corrected chi connectivity index (χ0v) is 16.1. The monoisotopic (exact) mass is 398 g/mol. The number of nitrogens with zero attached hydrogens (tertiary/aromatic N) is 2. The van der Waals surface area contributed by atoms with Gasteiger partial charge in [0.05, 0.1) is 5.02 Å². The van der Waals surface area contributed by atoms with Gasteiger partial charge in [-0.15, -0.1) is 22.6 Å². The largest absolute Gasteiger partial charge is 0.348 e. The van der Waals surface area contributed by atoms with Gasteiger partial charge in [0, 0.05) is 17.0 Å². The fourth-order valence-corrected chi connectivity index (χ4v) is 3.66. The van der Waals surface area contributed by atoms with Gasteiger partial charge in [0.1, 0.15) is 5.03 Å². The van der Waals surface area contributed by atoms with E-state index in [0.717, 1.165) is 24.3 Å². The highest BCUT2D eigenvalue weighted by Crippen LogP contribution is 2.31. The Morgan fingerprint density at radius 3 is 2.76 bits per heavy atom. The van der Waals surface area contributed by atoms with Crippen LogP contribution in [0.3, 0.4) is 0 Å². The SMILES string of the molecule is CC1CC(NC(=O)c2ccc(Sc3ccccc3Cl)nn2)CCN1.Cl. The number of rotatable bonds is 4. The van der Waals surface area contributed by atoms with Gasteiger partial charge in [-0.1, -0.05) is 35.5 Å². The third-order valence-electron chi connectivity index (χ3n) is 3.88. The number of nitrogens with one attached hydrogen (secondary N) is 2. The van der Waals surface area contributed by atoms with E-state index in [1.165, 1.54) is 11.8 Å². The van der Waals surface area contributed by atoms with E-state index in [0.29, 0.717) is 21.8 Å². The van der Waals surface area contributed by atoms with Gasteiger partial charge in [0.25, 0.3) is 5.91 Å². The fraction of sp³-hybridized carbons (Fsp3) is 0.353. The minimum Gasteiger partial charge on any atom is -0.348 e. The summed E-state index contributed by atoms with van der Waals surface area (Å²) >= 11 is 7.56. The molecule has 134 valence electrons. The van der Waals surface area contributed by atoms with Gasteiger partial charge in [-0.05, 0) is 50.6 Å². The van der Waals surface area contributed by atoms with Crippen molar-refractivity contribution in [1.82, 2.24) is 20.8 Å². The Balaban J connectivity index is 0.00000225. The second-order valence-electron chi connectivity index (χ2n) is 5.84. The average molecular weight is 399 g/mol. The molecule has 0 aliphatic carbocycles. The molecule has 1 aromatic carbocycles. The summed E-state index contributed by atoms with van der Waals surface area (Å²) < 4.78 is 0. The van der Waals surface area contributed by atoms with Crippen LogP contribution in [0.15, 0.2) is 46.3 Å². The summed E-state index contributed by atoms with van der Waals surface area (Å²) in [5.41, 5.74) is 0.338. The molecule has 3 rings (SSSR count). The summed E-state index contributed by atoms with van der Waals surface area (Å²) in [6.45, 7) is 3.05. The maximum atomic E-state index is 12.3. The van der Waals surface area contributed by atoms with Gasteiger partial charge in [-0.3, -0.25) is 4.79 Å². The van der Waals surface area contributed by atoms with Crippen LogP contribution < -0.4 is 10.6 Å². The van der Waals surface area contributed by atoms with Crippen molar-refractivity contribution in [2.75, 3.05) is 6.54 Å². The van der Waals surface area contributed by atoms with Crippen LogP contribution in [-0.4, -0.2) is 34.7 Å². The second-order valence-corrected chi connectivity index (χ2v) is 7.31. The molecule has 1 aliphatic heterocycles. The second kappa shape index (κ2) is 9.38. The Kier molecular flexibility index (Phi) is 7.50. The molecular weight excluding hydrogens is 379 g/mol. The van der Waals surface area contributed by atoms with Crippen LogP contribution in [0.5, 0.6) is 0 Å². The molecule has 1 aromatic heterocycles. The van der Waals surface area contributed by atoms with E-state index < -0.39 is 0 Å². The smallest absolute Gasteiger partial charge is 0.272 e. The number of hydrogen-bond donors (Lipinski definition) is 2. The molecule has 1 aliphatic rings. The Hall–Kier alpha value is -1.34. The maximum Gasteiger partial charge on any atom is 0.272 e. The molecule has 1 fully saturated rings. The van der Waals surface area contributed by atoms with Crippen molar-refractivity contribution in [3.8, 4) is 0 Å². The highest BCUT2D eigenvalue weighted by atomic mass is 35.5. The van der Waals surface area contributed by atoms with Crippen LogP contribution >= 0.6 is 35.8 Å². The Morgan fingerprint density at radius 1 is 1.28 bits per heavy atom. The van der Waals surface area contributed by atoms with Crippen molar-refractivity contribution in [1.29, 1.82) is 0 Å². The van der Waals surface area contributed by atoms with Crippen molar-refractivity contribution in [3.63, 3.8) is 0 Å². The highest BCUT2D eigenvalue weighted by Gasteiger charge is 2.21. The first-order chi connectivity index (χ1) is 11.6. The average Bonchev–Trinajstić information content (AvgIpc) is 2.57. The quantitative estimate of drug-likeness (QED) is 0.823. The number of carbonyl (C=O) groups is 1. The molecule has 8 heteroatoms. The Labute approximate surface area is 162 Å². The normalized spacial score (nSPS) is 19.8. The molecule has 0 radical (unpaired) electrons. The molecule has 0 spiro atoms. The summed E-state index contributed by atoms with van der Waals surface area (Å²) in [7, 11) is 0. The van der Waals surface area contributed by atoms with Gasteiger partial charge in [-0.2, -0.15) is 0 Å². The summed E-state index contributed by atoms with van der Waals surface area (Å²) in [6.07, 6.45) is 1.86. The topological polar surface area (TPSA) is 66.9 Å². The number of benzene rings is 1. The zero-order valence-electron chi connectivity index (χ0n) is 13.7. The zero-order chi connectivity index (χ0) is 16.9. The third-order valence-corrected chi connectivity index (χ3v) is 5.33. The van der Waals surface area contributed by atoms with E-state index in [1.54, 1.807) is 12.1 Å². The van der Waals surface area contributed by atoms with E-state index in [9.17, 15) is 4.79 Å². The first-order valence-corrected chi connectivity index (χ1v) is 9.11. The van der Waals surface area contributed by atoms with E-state index in [2.05, 4.69) is 27.8 Å². The number of piperidine rings is 1. The first-order valence-electron chi connectivity index (χ1n) is 7.92. The molecule has 0 bridgehead atoms. The summed E-state index contributed by atoms with van der Waals surface area (Å²) in [5.74, 6) is -0.170. The molecular formula is C17H20Cl2N4OS. The lowest BCUT2D eigenvalue weighted by molar-refractivity contribution is 0.0919.